The molecule has 15 heavy (non-hydrogen) atoms. The van der Waals surface area contributed by atoms with Crippen molar-refractivity contribution in [2.24, 2.45) is 0 Å². The first kappa shape index (κ1) is 9.97. The number of aromatic nitrogens is 3. The lowest BCUT2D eigenvalue weighted by atomic mass is 10.1. The summed E-state index contributed by atoms with van der Waals surface area (Å²) in [6, 6.07) is 2.41. The number of hydrogen-bond donors (Lipinski definition) is 3. The third-order valence-electron chi connectivity index (χ3n) is 2.00. The van der Waals surface area contributed by atoms with Crippen molar-refractivity contribution in [2.75, 3.05) is 11.1 Å². The van der Waals surface area contributed by atoms with E-state index in [2.05, 4.69) is 44.2 Å². The second kappa shape index (κ2) is 4.31. The number of nitrogen functional groups attached to an aromatic ring is 1. The Labute approximate surface area is 91.7 Å². The molecule has 4 N–H and O–H groups in total. The maximum atomic E-state index is 5.42. The molecule has 0 saturated carbocycles. The molecule has 80 valence electrons. The molecule has 0 aliphatic rings. The van der Waals surface area contributed by atoms with Crippen molar-refractivity contribution in [2.45, 2.75) is 19.4 Å². The van der Waals surface area contributed by atoms with E-state index in [0.717, 1.165) is 6.42 Å². The Kier molecular flexibility index (Phi) is 2.86. The molecule has 0 aliphatic carbocycles. The van der Waals surface area contributed by atoms with Crippen LogP contribution >= 0.6 is 11.3 Å². The minimum atomic E-state index is 0.287. The maximum Gasteiger partial charge on any atom is 0.243 e. The van der Waals surface area contributed by atoms with Gasteiger partial charge >= 0.3 is 0 Å². The normalized spacial score (nSPS) is 12.6. The van der Waals surface area contributed by atoms with E-state index in [0.29, 0.717) is 11.9 Å². The van der Waals surface area contributed by atoms with E-state index < -0.39 is 0 Å². The number of hydrogen-bond acceptors (Lipinski definition) is 5. The summed E-state index contributed by atoms with van der Waals surface area (Å²) in [5.41, 5.74) is 6.75. The number of nitrogens with one attached hydrogen (secondary N) is 2. The fourth-order valence-electron chi connectivity index (χ4n) is 1.37. The van der Waals surface area contributed by atoms with Crippen LogP contribution in [0.2, 0.25) is 0 Å². The average molecular weight is 223 g/mol. The second-order valence-electron chi connectivity index (χ2n) is 3.43. The molecule has 0 saturated heterocycles. The van der Waals surface area contributed by atoms with E-state index in [4.69, 9.17) is 5.73 Å². The van der Waals surface area contributed by atoms with E-state index in [1.54, 1.807) is 11.3 Å². The van der Waals surface area contributed by atoms with Gasteiger partial charge in [-0.3, -0.25) is 0 Å². The molecule has 5 nitrogen and oxygen atoms in total. The molecule has 6 heteroatoms. The van der Waals surface area contributed by atoms with E-state index in [1.807, 2.05) is 0 Å². The minimum absolute atomic E-state index is 0.287. The van der Waals surface area contributed by atoms with Gasteiger partial charge in [-0.15, -0.1) is 5.10 Å². The van der Waals surface area contributed by atoms with Crippen molar-refractivity contribution in [1.29, 1.82) is 0 Å². The van der Waals surface area contributed by atoms with Gasteiger partial charge in [0.05, 0.1) is 0 Å². The van der Waals surface area contributed by atoms with Gasteiger partial charge in [-0.1, -0.05) is 0 Å². The number of H-pyrrole nitrogens is 1. The highest BCUT2D eigenvalue weighted by atomic mass is 32.1. The van der Waals surface area contributed by atoms with Crippen LogP contribution in [0.4, 0.5) is 11.9 Å². The Morgan fingerprint density at radius 1 is 1.67 bits per heavy atom. The predicted molar refractivity (Wildman–Crippen MR) is 61.9 cm³/mol. The highest BCUT2D eigenvalue weighted by molar-refractivity contribution is 7.07. The van der Waals surface area contributed by atoms with Crippen LogP contribution in [0.3, 0.4) is 0 Å². The number of anilines is 2. The summed E-state index contributed by atoms with van der Waals surface area (Å²) in [5, 5.41) is 13.9. The topological polar surface area (TPSA) is 79.6 Å². The Hall–Kier alpha value is -1.56. The van der Waals surface area contributed by atoms with Crippen molar-refractivity contribution in [3.63, 3.8) is 0 Å². The van der Waals surface area contributed by atoms with Crippen LogP contribution in [0.25, 0.3) is 0 Å². The Bertz CT molecular complexity index is 408. The first-order valence-electron chi connectivity index (χ1n) is 4.69. The Balaban J connectivity index is 1.90. The van der Waals surface area contributed by atoms with Crippen LogP contribution in [-0.2, 0) is 6.42 Å². The number of nitrogens with zero attached hydrogens (tertiary/aromatic N) is 2. The van der Waals surface area contributed by atoms with E-state index >= 15 is 0 Å². The van der Waals surface area contributed by atoms with Gasteiger partial charge < -0.3 is 11.1 Å². The number of thiophene rings is 1. The standard InChI is InChI=1S/C9H13N5S/c1-6(4-7-2-3-15-5-7)11-9-12-8(10)13-14-9/h2-3,5-6H,4H2,1H3,(H4,10,11,12,13,14). The number of nitrogens with two attached hydrogens (primary N) is 1. The SMILES string of the molecule is CC(Cc1ccsc1)Nc1n[nH]c(N)n1. The van der Waals surface area contributed by atoms with E-state index in [-0.39, 0.29) is 6.04 Å². The van der Waals surface area contributed by atoms with Gasteiger partial charge in [-0.05, 0) is 35.7 Å². The molecule has 2 heterocycles. The summed E-state index contributed by atoms with van der Waals surface area (Å²) in [4.78, 5) is 3.98. The van der Waals surface area contributed by atoms with Crippen molar-refractivity contribution < 1.29 is 0 Å². The zero-order chi connectivity index (χ0) is 10.7. The maximum absolute atomic E-state index is 5.42. The lowest BCUT2D eigenvalue weighted by Crippen LogP contribution is -2.18. The van der Waals surface area contributed by atoms with Gasteiger partial charge in [0.25, 0.3) is 0 Å². The minimum Gasteiger partial charge on any atom is -0.368 e. The highest BCUT2D eigenvalue weighted by Gasteiger charge is 2.06. The van der Waals surface area contributed by atoms with Crippen molar-refractivity contribution in [1.82, 2.24) is 15.2 Å². The lowest BCUT2D eigenvalue weighted by molar-refractivity contribution is 0.780. The van der Waals surface area contributed by atoms with Gasteiger partial charge in [-0.2, -0.15) is 16.3 Å². The van der Waals surface area contributed by atoms with Gasteiger partial charge in [-0.25, -0.2) is 5.10 Å². The highest BCUT2D eigenvalue weighted by Crippen LogP contribution is 2.10. The molecule has 0 amide bonds. The smallest absolute Gasteiger partial charge is 0.243 e. The molecule has 1 unspecified atom stereocenters. The monoisotopic (exact) mass is 223 g/mol. The molecule has 1 atom stereocenters. The zero-order valence-electron chi connectivity index (χ0n) is 8.40. The van der Waals surface area contributed by atoms with E-state index in [9.17, 15) is 0 Å². The van der Waals surface area contributed by atoms with Crippen molar-refractivity contribution in [3.05, 3.63) is 22.4 Å². The van der Waals surface area contributed by atoms with Crippen LogP contribution in [0, 0.1) is 0 Å². The summed E-state index contributed by atoms with van der Waals surface area (Å²) in [6.45, 7) is 2.09. The molecule has 0 spiro atoms. The summed E-state index contributed by atoms with van der Waals surface area (Å²) >= 11 is 1.71. The van der Waals surface area contributed by atoms with Crippen LogP contribution in [-0.4, -0.2) is 21.2 Å². The molecule has 0 bridgehead atoms. The largest absolute Gasteiger partial charge is 0.368 e. The quantitative estimate of drug-likeness (QED) is 0.733. The number of rotatable bonds is 4. The molecular weight excluding hydrogens is 210 g/mol. The summed E-state index contributed by atoms with van der Waals surface area (Å²) in [7, 11) is 0. The Morgan fingerprint density at radius 3 is 3.13 bits per heavy atom. The summed E-state index contributed by atoms with van der Waals surface area (Å²) in [5.74, 6) is 0.885. The molecule has 2 aromatic heterocycles. The fraction of sp³-hybridized carbons (Fsp3) is 0.333. The zero-order valence-corrected chi connectivity index (χ0v) is 9.21. The van der Waals surface area contributed by atoms with Crippen LogP contribution in [0.5, 0.6) is 0 Å². The van der Waals surface area contributed by atoms with Crippen molar-refractivity contribution in [3.8, 4) is 0 Å². The molecule has 0 aliphatic heterocycles. The van der Waals surface area contributed by atoms with Crippen molar-refractivity contribution >= 4 is 23.2 Å². The van der Waals surface area contributed by atoms with Gasteiger partial charge in [0.2, 0.25) is 11.9 Å². The third-order valence-corrected chi connectivity index (χ3v) is 2.73. The summed E-state index contributed by atoms with van der Waals surface area (Å²) < 4.78 is 0. The third kappa shape index (κ3) is 2.69. The molecule has 0 fully saturated rings. The molecular formula is C9H13N5S. The lowest BCUT2D eigenvalue weighted by Gasteiger charge is -2.10. The predicted octanol–water partition coefficient (Wildman–Crippen LogP) is 1.49. The van der Waals surface area contributed by atoms with Crippen LogP contribution in [0.1, 0.15) is 12.5 Å². The van der Waals surface area contributed by atoms with Crippen LogP contribution in [0.15, 0.2) is 16.8 Å². The van der Waals surface area contributed by atoms with Crippen LogP contribution < -0.4 is 11.1 Å². The molecule has 2 aromatic rings. The fourth-order valence-corrected chi connectivity index (χ4v) is 2.05. The van der Waals surface area contributed by atoms with Gasteiger partial charge in [0.1, 0.15) is 0 Å². The van der Waals surface area contributed by atoms with Gasteiger partial charge in [0, 0.05) is 6.04 Å². The second-order valence-corrected chi connectivity index (χ2v) is 4.21. The van der Waals surface area contributed by atoms with Gasteiger partial charge in [0.15, 0.2) is 0 Å². The summed E-state index contributed by atoms with van der Waals surface area (Å²) in [6.07, 6.45) is 0.956. The molecule has 0 aromatic carbocycles. The number of aromatic amines is 1. The van der Waals surface area contributed by atoms with E-state index in [1.165, 1.54) is 5.56 Å². The average Bonchev–Trinajstić information content (AvgIpc) is 2.77. The molecule has 0 radical (unpaired) electrons. The first-order chi connectivity index (χ1) is 7.24. The first-order valence-corrected chi connectivity index (χ1v) is 5.64. The Morgan fingerprint density at radius 2 is 2.53 bits per heavy atom. The molecule has 2 rings (SSSR count).